The molecule has 0 spiro atoms. The molecule has 1 aliphatic rings. The molecule has 3 nitrogen and oxygen atoms in total. The van der Waals surface area contributed by atoms with Crippen LogP contribution in [0.25, 0.3) is 0 Å². The number of alkyl halides is 3. The van der Waals surface area contributed by atoms with Gasteiger partial charge in [0.2, 0.25) is 0 Å². The molecule has 0 aliphatic carbocycles. The SMILES string of the molecule is CSc1ccc(NC(=O)N2CCSC2c2ccc(C(F)(F)F)cc2)cc1. The Labute approximate surface area is 158 Å². The standard InChI is InChI=1S/C18H17F3N2OS2/c1-25-15-8-6-14(7-9-15)22-17(24)23-10-11-26-16(23)12-2-4-13(5-3-12)18(19,20)21/h2-9,16H,10-11H2,1H3,(H,22,24). The molecule has 1 N–H and O–H groups in total. The number of benzene rings is 2. The maximum atomic E-state index is 12.7. The predicted molar refractivity (Wildman–Crippen MR) is 101 cm³/mol. The number of hydrogen-bond donors (Lipinski definition) is 1. The summed E-state index contributed by atoms with van der Waals surface area (Å²) in [6.45, 7) is 0.547. The molecule has 1 heterocycles. The van der Waals surface area contributed by atoms with Crippen LogP contribution in [-0.4, -0.2) is 29.5 Å². The van der Waals surface area contributed by atoms with E-state index in [1.807, 2.05) is 30.5 Å². The van der Waals surface area contributed by atoms with Gasteiger partial charge in [-0.15, -0.1) is 23.5 Å². The van der Waals surface area contributed by atoms with E-state index in [9.17, 15) is 18.0 Å². The molecule has 138 valence electrons. The van der Waals surface area contributed by atoms with Gasteiger partial charge in [0, 0.05) is 22.9 Å². The van der Waals surface area contributed by atoms with Gasteiger partial charge >= 0.3 is 12.2 Å². The molecule has 2 amide bonds. The first-order valence-corrected chi connectivity index (χ1v) is 10.2. The van der Waals surface area contributed by atoms with Gasteiger partial charge in [0.25, 0.3) is 0 Å². The zero-order valence-electron chi connectivity index (χ0n) is 13.9. The van der Waals surface area contributed by atoms with E-state index in [0.29, 0.717) is 17.8 Å². The van der Waals surface area contributed by atoms with Crippen LogP contribution in [0, 0.1) is 0 Å². The number of urea groups is 1. The number of nitrogens with one attached hydrogen (secondary N) is 1. The Morgan fingerprint density at radius 2 is 1.81 bits per heavy atom. The average molecular weight is 398 g/mol. The van der Waals surface area contributed by atoms with Crippen molar-refractivity contribution in [3.8, 4) is 0 Å². The first-order valence-electron chi connectivity index (χ1n) is 7.89. The zero-order chi connectivity index (χ0) is 18.7. The molecular formula is C18H17F3N2OS2. The molecule has 1 aliphatic heterocycles. The Balaban J connectivity index is 1.71. The van der Waals surface area contributed by atoms with Crippen LogP contribution in [-0.2, 0) is 6.18 Å². The highest BCUT2D eigenvalue weighted by Crippen LogP contribution is 2.39. The number of amides is 2. The number of rotatable bonds is 3. The molecule has 2 aromatic carbocycles. The minimum Gasteiger partial charge on any atom is -0.308 e. The van der Waals surface area contributed by atoms with Crippen molar-refractivity contribution in [3.63, 3.8) is 0 Å². The van der Waals surface area contributed by atoms with Crippen molar-refractivity contribution >= 4 is 35.2 Å². The van der Waals surface area contributed by atoms with Gasteiger partial charge in [-0.1, -0.05) is 12.1 Å². The van der Waals surface area contributed by atoms with E-state index in [-0.39, 0.29) is 11.4 Å². The summed E-state index contributed by atoms with van der Waals surface area (Å²) in [4.78, 5) is 15.3. The summed E-state index contributed by atoms with van der Waals surface area (Å²) >= 11 is 3.16. The lowest BCUT2D eigenvalue weighted by Gasteiger charge is -2.24. The molecule has 8 heteroatoms. The largest absolute Gasteiger partial charge is 0.416 e. The molecule has 0 bridgehead atoms. The van der Waals surface area contributed by atoms with Crippen molar-refractivity contribution < 1.29 is 18.0 Å². The average Bonchev–Trinajstić information content (AvgIpc) is 3.11. The van der Waals surface area contributed by atoms with Crippen LogP contribution in [0.2, 0.25) is 0 Å². The van der Waals surface area contributed by atoms with E-state index >= 15 is 0 Å². The number of hydrogen-bond acceptors (Lipinski definition) is 3. The summed E-state index contributed by atoms with van der Waals surface area (Å²) in [6, 6.07) is 12.3. The first kappa shape index (κ1) is 19.0. The molecule has 1 saturated heterocycles. The van der Waals surface area contributed by atoms with Crippen molar-refractivity contribution in [1.82, 2.24) is 4.90 Å². The third-order valence-electron chi connectivity index (χ3n) is 4.02. The highest BCUT2D eigenvalue weighted by molar-refractivity contribution is 7.99. The van der Waals surface area contributed by atoms with E-state index < -0.39 is 11.7 Å². The number of nitrogens with zero attached hydrogens (tertiary/aromatic N) is 1. The van der Waals surface area contributed by atoms with Crippen LogP contribution in [0.5, 0.6) is 0 Å². The van der Waals surface area contributed by atoms with Crippen LogP contribution in [0.3, 0.4) is 0 Å². The third-order valence-corrected chi connectivity index (χ3v) is 6.02. The molecule has 2 aromatic rings. The maximum Gasteiger partial charge on any atom is 0.416 e. The van der Waals surface area contributed by atoms with E-state index in [1.54, 1.807) is 28.4 Å². The van der Waals surface area contributed by atoms with Crippen LogP contribution in [0.15, 0.2) is 53.4 Å². The molecule has 1 fully saturated rings. The molecule has 0 saturated carbocycles. The van der Waals surface area contributed by atoms with Gasteiger partial charge in [0.1, 0.15) is 5.37 Å². The summed E-state index contributed by atoms with van der Waals surface area (Å²) < 4.78 is 38.2. The van der Waals surface area contributed by atoms with Gasteiger partial charge < -0.3 is 10.2 Å². The van der Waals surface area contributed by atoms with Crippen molar-refractivity contribution in [2.45, 2.75) is 16.4 Å². The summed E-state index contributed by atoms with van der Waals surface area (Å²) in [6.07, 6.45) is -2.38. The van der Waals surface area contributed by atoms with E-state index in [4.69, 9.17) is 0 Å². The van der Waals surface area contributed by atoms with Crippen LogP contribution in [0.4, 0.5) is 23.7 Å². The second-order valence-electron chi connectivity index (χ2n) is 5.69. The van der Waals surface area contributed by atoms with Gasteiger partial charge in [-0.2, -0.15) is 13.2 Å². The molecular weight excluding hydrogens is 381 g/mol. The van der Waals surface area contributed by atoms with E-state index in [1.165, 1.54) is 12.1 Å². The number of carbonyl (C=O) groups is 1. The molecule has 26 heavy (non-hydrogen) atoms. The van der Waals surface area contributed by atoms with Crippen LogP contribution < -0.4 is 5.32 Å². The Kier molecular flexibility index (Phi) is 5.72. The van der Waals surface area contributed by atoms with Crippen LogP contribution >= 0.6 is 23.5 Å². The number of halogens is 3. The van der Waals surface area contributed by atoms with Gasteiger partial charge in [0.15, 0.2) is 0 Å². The summed E-state index contributed by atoms with van der Waals surface area (Å²) in [5.74, 6) is 0.741. The fourth-order valence-corrected chi connectivity index (χ4v) is 4.32. The normalized spacial score (nSPS) is 17.4. The van der Waals surface area contributed by atoms with Crippen molar-refractivity contribution in [1.29, 1.82) is 0 Å². The van der Waals surface area contributed by atoms with Crippen molar-refractivity contribution in [2.75, 3.05) is 23.9 Å². The predicted octanol–water partition coefficient (Wildman–Crippen LogP) is 5.71. The Morgan fingerprint density at radius 1 is 1.15 bits per heavy atom. The van der Waals surface area contributed by atoms with Gasteiger partial charge in [-0.3, -0.25) is 0 Å². The monoisotopic (exact) mass is 398 g/mol. The lowest BCUT2D eigenvalue weighted by molar-refractivity contribution is -0.137. The minimum absolute atomic E-state index is 0.253. The Hall–Kier alpha value is -1.80. The second-order valence-corrected chi connectivity index (χ2v) is 7.76. The molecule has 0 radical (unpaired) electrons. The number of carbonyl (C=O) groups excluding carboxylic acids is 1. The highest BCUT2D eigenvalue weighted by atomic mass is 32.2. The highest BCUT2D eigenvalue weighted by Gasteiger charge is 2.33. The third kappa shape index (κ3) is 4.29. The fourth-order valence-electron chi connectivity index (χ4n) is 2.66. The Bertz CT molecular complexity index is 764. The number of thioether (sulfide) groups is 2. The fraction of sp³-hybridized carbons (Fsp3) is 0.278. The van der Waals surface area contributed by atoms with Gasteiger partial charge in [-0.25, -0.2) is 4.79 Å². The molecule has 1 unspecified atom stereocenters. The molecule has 1 atom stereocenters. The van der Waals surface area contributed by atoms with Gasteiger partial charge in [-0.05, 0) is 48.2 Å². The first-order chi connectivity index (χ1) is 12.4. The van der Waals surface area contributed by atoms with Crippen molar-refractivity contribution in [3.05, 3.63) is 59.7 Å². The molecule has 0 aromatic heterocycles. The summed E-state index contributed by atoms with van der Waals surface area (Å²) in [5, 5.41) is 2.57. The quantitative estimate of drug-likeness (QED) is 0.673. The lowest BCUT2D eigenvalue weighted by Crippen LogP contribution is -2.34. The number of anilines is 1. The van der Waals surface area contributed by atoms with Crippen molar-refractivity contribution in [2.24, 2.45) is 0 Å². The van der Waals surface area contributed by atoms with E-state index in [2.05, 4.69) is 5.32 Å². The zero-order valence-corrected chi connectivity index (χ0v) is 15.5. The smallest absolute Gasteiger partial charge is 0.308 e. The maximum absolute atomic E-state index is 12.7. The van der Waals surface area contributed by atoms with E-state index in [0.717, 1.165) is 22.8 Å². The van der Waals surface area contributed by atoms with Crippen LogP contribution in [0.1, 0.15) is 16.5 Å². The summed E-state index contributed by atoms with van der Waals surface area (Å²) in [5.41, 5.74) is 0.693. The Morgan fingerprint density at radius 3 is 2.38 bits per heavy atom. The molecule has 3 rings (SSSR count). The minimum atomic E-state index is -4.36. The summed E-state index contributed by atoms with van der Waals surface area (Å²) in [7, 11) is 0. The topological polar surface area (TPSA) is 32.3 Å². The van der Waals surface area contributed by atoms with Gasteiger partial charge in [0.05, 0.1) is 5.56 Å². The second kappa shape index (κ2) is 7.84. The lowest BCUT2D eigenvalue weighted by atomic mass is 10.1.